The predicted molar refractivity (Wildman–Crippen MR) is 95.6 cm³/mol. The Morgan fingerprint density at radius 3 is 2.72 bits per heavy atom. The molecule has 134 valence electrons. The fourth-order valence-electron chi connectivity index (χ4n) is 4.29. The van der Waals surface area contributed by atoms with Crippen LogP contribution in [0.5, 0.6) is 0 Å². The van der Waals surface area contributed by atoms with Crippen LogP contribution in [0.4, 0.5) is 0 Å². The highest BCUT2D eigenvalue weighted by atomic mass is 16.3. The zero-order valence-electron chi connectivity index (χ0n) is 14.8. The molecule has 2 fully saturated rings. The first kappa shape index (κ1) is 17.9. The first-order chi connectivity index (χ1) is 12.1. The Hall–Kier alpha value is -1.90. The number of hydrogen-bond donors (Lipinski definition) is 1. The summed E-state index contributed by atoms with van der Waals surface area (Å²) < 4.78 is 0. The van der Waals surface area contributed by atoms with Gasteiger partial charge in [0.05, 0.1) is 11.6 Å². The van der Waals surface area contributed by atoms with E-state index < -0.39 is 0 Å². The van der Waals surface area contributed by atoms with Gasteiger partial charge in [0.1, 0.15) is 0 Å². The molecule has 1 amide bonds. The van der Waals surface area contributed by atoms with Crippen molar-refractivity contribution in [3.8, 4) is 6.07 Å². The minimum atomic E-state index is 0.140. The van der Waals surface area contributed by atoms with Crippen LogP contribution in [0.3, 0.4) is 0 Å². The molecule has 5 heteroatoms. The Morgan fingerprint density at radius 2 is 2.00 bits per heavy atom. The van der Waals surface area contributed by atoms with Gasteiger partial charge in [-0.05, 0) is 49.9 Å². The largest absolute Gasteiger partial charge is 0.396 e. The van der Waals surface area contributed by atoms with Crippen LogP contribution in [0, 0.1) is 16.7 Å². The minimum absolute atomic E-state index is 0.140. The maximum absolute atomic E-state index is 12.2. The Bertz CT molecular complexity index is 637. The number of hydrogen-bond acceptors (Lipinski definition) is 4. The summed E-state index contributed by atoms with van der Waals surface area (Å²) in [6.07, 6.45) is 4.62. The van der Waals surface area contributed by atoms with Gasteiger partial charge < -0.3 is 10.0 Å². The molecule has 0 aromatic heterocycles. The van der Waals surface area contributed by atoms with Crippen molar-refractivity contribution in [1.82, 2.24) is 9.80 Å². The van der Waals surface area contributed by atoms with Crippen LogP contribution in [0.1, 0.15) is 43.2 Å². The second-order valence-corrected chi connectivity index (χ2v) is 7.52. The third kappa shape index (κ3) is 4.39. The van der Waals surface area contributed by atoms with Crippen LogP contribution < -0.4 is 0 Å². The number of carbonyl (C=O) groups excluding carboxylic acids is 1. The Balaban J connectivity index is 1.63. The fourth-order valence-corrected chi connectivity index (χ4v) is 4.29. The van der Waals surface area contributed by atoms with Crippen molar-refractivity contribution in [2.24, 2.45) is 5.41 Å². The molecule has 5 nitrogen and oxygen atoms in total. The number of benzene rings is 1. The second kappa shape index (κ2) is 7.99. The van der Waals surface area contributed by atoms with E-state index in [1.54, 1.807) is 0 Å². The molecule has 1 aromatic carbocycles. The first-order valence-electron chi connectivity index (χ1n) is 9.24. The van der Waals surface area contributed by atoms with Gasteiger partial charge in [-0.3, -0.25) is 9.69 Å². The first-order valence-corrected chi connectivity index (χ1v) is 9.24. The number of nitriles is 1. The van der Waals surface area contributed by atoms with Crippen LogP contribution in [0.2, 0.25) is 0 Å². The lowest BCUT2D eigenvalue weighted by molar-refractivity contribution is -0.139. The van der Waals surface area contributed by atoms with E-state index in [2.05, 4.69) is 11.0 Å². The highest BCUT2D eigenvalue weighted by Crippen LogP contribution is 2.39. The summed E-state index contributed by atoms with van der Waals surface area (Å²) in [5.74, 6) is 0.239. The smallest absolute Gasteiger partial charge is 0.222 e. The number of rotatable bonds is 5. The summed E-state index contributed by atoms with van der Waals surface area (Å²) in [4.78, 5) is 16.6. The third-order valence-corrected chi connectivity index (χ3v) is 5.56. The van der Waals surface area contributed by atoms with Gasteiger partial charge in [0, 0.05) is 44.6 Å². The monoisotopic (exact) mass is 341 g/mol. The number of carbonyl (C=O) groups is 1. The van der Waals surface area contributed by atoms with Crippen molar-refractivity contribution in [2.45, 2.75) is 38.6 Å². The molecule has 0 saturated carbocycles. The summed E-state index contributed by atoms with van der Waals surface area (Å²) in [6, 6.07) is 10.0. The van der Waals surface area contributed by atoms with E-state index in [1.165, 1.54) is 12.0 Å². The number of nitrogens with zero attached hydrogens (tertiary/aromatic N) is 3. The zero-order valence-corrected chi connectivity index (χ0v) is 14.8. The number of piperidine rings is 2. The lowest BCUT2D eigenvalue weighted by Gasteiger charge is -2.48. The molecule has 2 heterocycles. The van der Waals surface area contributed by atoms with Gasteiger partial charge >= 0.3 is 0 Å². The Kier molecular flexibility index (Phi) is 5.72. The number of aliphatic hydroxyl groups is 1. The molecule has 1 aromatic rings. The van der Waals surface area contributed by atoms with Gasteiger partial charge in [0.15, 0.2) is 0 Å². The molecule has 0 aliphatic carbocycles. The van der Waals surface area contributed by atoms with Crippen LogP contribution >= 0.6 is 0 Å². The Labute approximate surface area is 149 Å². The van der Waals surface area contributed by atoms with Gasteiger partial charge in [-0.2, -0.15) is 5.26 Å². The zero-order chi connectivity index (χ0) is 17.7. The third-order valence-electron chi connectivity index (χ3n) is 5.56. The molecule has 0 bridgehead atoms. The fraction of sp³-hybridized carbons (Fsp3) is 0.600. The molecule has 1 spiro atoms. The molecule has 1 unspecified atom stereocenters. The molecular weight excluding hydrogens is 314 g/mol. The molecular formula is C20H27N3O2. The summed E-state index contributed by atoms with van der Waals surface area (Å²) in [6.45, 7) is 4.66. The van der Waals surface area contributed by atoms with E-state index in [9.17, 15) is 4.79 Å². The maximum Gasteiger partial charge on any atom is 0.222 e. The van der Waals surface area contributed by atoms with Crippen molar-refractivity contribution < 1.29 is 9.90 Å². The number of amides is 1. The average Bonchev–Trinajstić information content (AvgIpc) is 2.64. The van der Waals surface area contributed by atoms with Crippen molar-refractivity contribution in [3.63, 3.8) is 0 Å². The lowest BCUT2D eigenvalue weighted by atomic mass is 9.73. The van der Waals surface area contributed by atoms with E-state index >= 15 is 0 Å². The summed E-state index contributed by atoms with van der Waals surface area (Å²) in [5, 5.41) is 18.0. The van der Waals surface area contributed by atoms with Gasteiger partial charge in [0.2, 0.25) is 5.91 Å². The van der Waals surface area contributed by atoms with E-state index in [0.29, 0.717) is 24.9 Å². The lowest BCUT2D eigenvalue weighted by Crippen LogP contribution is -2.54. The van der Waals surface area contributed by atoms with Crippen LogP contribution in [0.25, 0.3) is 0 Å². The van der Waals surface area contributed by atoms with Crippen LogP contribution in [-0.2, 0) is 11.3 Å². The molecule has 2 aliphatic heterocycles. The van der Waals surface area contributed by atoms with Gasteiger partial charge in [-0.1, -0.05) is 12.1 Å². The SMILES string of the molecule is N#Cc1ccc(CN2CCCC3(CCC(=O)N(CCCO)C3)C2)cc1. The van der Waals surface area contributed by atoms with Gasteiger partial charge in [0.25, 0.3) is 0 Å². The van der Waals surface area contributed by atoms with E-state index in [-0.39, 0.29) is 17.9 Å². The van der Waals surface area contributed by atoms with Crippen molar-refractivity contribution >= 4 is 5.91 Å². The molecule has 1 N–H and O–H groups in total. The standard InChI is InChI=1S/C20H27N3O2/c21-13-17-3-5-18(6-4-17)14-22-10-1-8-20(15-22)9-7-19(25)23(16-20)11-2-12-24/h3-6,24H,1-2,7-12,14-16H2. The molecule has 1 atom stereocenters. The predicted octanol–water partition coefficient (Wildman–Crippen LogP) is 2.15. The highest BCUT2D eigenvalue weighted by Gasteiger charge is 2.41. The normalized spacial score (nSPS) is 24.5. The average molecular weight is 341 g/mol. The van der Waals surface area contributed by atoms with Crippen molar-refractivity contribution in [3.05, 3.63) is 35.4 Å². The molecule has 2 saturated heterocycles. The minimum Gasteiger partial charge on any atom is -0.396 e. The summed E-state index contributed by atoms with van der Waals surface area (Å²) in [5.41, 5.74) is 2.14. The molecule has 0 radical (unpaired) electrons. The van der Waals surface area contributed by atoms with Crippen molar-refractivity contribution in [2.75, 3.05) is 32.8 Å². The molecule has 25 heavy (non-hydrogen) atoms. The maximum atomic E-state index is 12.2. The van der Waals surface area contributed by atoms with E-state index in [1.807, 2.05) is 29.2 Å². The molecule has 3 rings (SSSR count). The second-order valence-electron chi connectivity index (χ2n) is 7.52. The quantitative estimate of drug-likeness (QED) is 0.891. The summed E-state index contributed by atoms with van der Waals surface area (Å²) in [7, 11) is 0. The van der Waals surface area contributed by atoms with Gasteiger partial charge in [-0.15, -0.1) is 0 Å². The summed E-state index contributed by atoms with van der Waals surface area (Å²) >= 11 is 0. The number of aliphatic hydroxyl groups excluding tert-OH is 1. The van der Waals surface area contributed by atoms with Crippen LogP contribution in [-0.4, -0.2) is 53.6 Å². The number of likely N-dealkylation sites (tertiary alicyclic amines) is 2. The van der Waals surface area contributed by atoms with Crippen LogP contribution in [0.15, 0.2) is 24.3 Å². The van der Waals surface area contributed by atoms with E-state index in [4.69, 9.17) is 10.4 Å². The van der Waals surface area contributed by atoms with Crippen molar-refractivity contribution in [1.29, 1.82) is 5.26 Å². The van der Waals surface area contributed by atoms with E-state index in [0.717, 1.165) is 39.0 Å². The van der Waals surface area contributed by atoms with Gasteiger partial charge in [-0.25, -0.2) is 0 Å². The topological polar surface area (TPSA) is 67.6 Å². The highest BCUT2D eigenvalue weighted by molar-refractivity contribution is 5.77. The Morgan fingerprint density at radius 1 is 1.20 bits per heavy atom. The molecule has 2 aliphatic rings.